The zero-order chi connectivity index (χ0) is 13.3. The van der Waals surface area contributed by atoms with Gasteiger partial charge in [-0.3, -0.25) is 4.79 Å². The Morgan fingerprint density at radius 1 is 1.50 bits per heavy atom. The predicted octanol–water partition coefficient (Wildman–Crippen LogP) is 2.44. The van der Waals surface area contributed by atoms with E-state index in [1.165, 1.54) is 11.3 Å². The lowest BCUT2D eigenvalue weighted by Gasteiger charge is -2.08. The average Bonchev–Trinajstić information content (AvgIpc) is 2.80. The van der Waals surface area contributed by atoms with Gasteiger partial charge in [0, 0.05) is 11.0 Å². The fraction of sp³-hybridized carbons (Fsp3) is 0.500. The molecule has 2 rings (SSSR count). The van der Waals surface area contributed by atoms with Gasteiger partial charge >= 0.3 is 0 Å². The van der Waals surface area contributed by atoms with Crippen molar-refractivity contribution < 1.29 is 13.2 Å². The minimum absolute atomic E-state index is 0.0470. The number of amides is 1. The SMILES string of the molecule is O=C(NCC1CCS(=O)(=O)C1)c1cc(Br)c(Br)s1. The number of hydrogen-bond acceptors (Lipinski definition) is 4. The second kappa shape index (κ2) is 5.60. The summed E-state index contributed by atoms with van der Waals surface area (Å²) in [5.41, 5.74) is 0. The van der Waals surface area contributed by atoms with Gasteiger partial charge in [-0.05, 0) is 50.3 Å². The number of nitrogens with one attached hydrogen (secondary N) is 1. The van der Waals surface area contributed by atoms with Crippen molar-refractivity contribution in [3.8, 4) is 0 Å². The van der Waals surface area contributed by atoms with Crippen LogP contribution < -0.4 is 5.32 Å². The molecule has 0 bridgehead atoms. The van der Waals surface area contributed by atoms with Crippen LogP contribution in [0, 0.1) is 5.92 Å². The van der Waals surface area contributed by atoms with Crippen molar-refractivity contribution in [2.24, 2.45) is 5.92 Å². The van der Waals surface area contributed by atoms with Crippen molar-refractivity contribution >= 4 is 58.9 Å². The average molecular weight is 417 g/mol. The summed E-state index contributed by atoms with van der Waals surface area (Å²) >= 11 is 7.99. The molecular formula is C10H11Br2NO3S2. The van der Waals surface area contributed by atoms with Gasteiger partial charge in [0.1, 0.15) is 0 Å². The highest BCUT2D eigenvalue weighted by Crippen LogP contribution is 2.32. The minimum atomic E-state index is -2.87. The molecule has 0 aliphatic carbocycles. The quantitative estimate of drug-likeness (QED) is 0.822. The van der Waals surface area contributed by atoms with Crippen LogP contribution in [0.2, 0.25) is 0 Å². The standard InChI is InChI=1S/C10H11Br2NO3S2/c11-7-3-8(17-9(7)12)10(14)13-4-6-1-2-18(15,16)5-6/h3,6H,1-2,4-5H2,(H,13,14). The van der Waals surface area contributed by atoms with Crippen LogP contribution >= 0.6 is 43.2 Å². The lowest BCUT2D eigenvalue weighted by atomic mass is 10.1. The molecule has 100 valence electrons. The molecule has 4 nitrogen and oxygen atoms in total. The Kier molecular flexibility index (Phi) is 4.51. The predicted molar refractivity (Wildman–Crippen MR) is 78.8 cm³/mol. The summed E-state index contributed by atoms with van der Waals surface area (Å²) in [5.74, 6) is 0.316. The van der Waals surface area contributed by atoms with Crippen molar-refractivity contribution in [3.63, 3.8) is 0 Å². The largest absolute Gasteiger partial charge is 0.351 e. The highest BCUT2D eigenvalue weighted by Gasteiger charge is 2.28. The van der Waals surface area contributed by atoms with Crippen LogP contribution in [-0.2, 0) is 9.84 Å². The Morgan fingerprint density at radius 2 is 2.22 bits per heavy atom. The van der Waals surface area contributed by atoms with Gasteiger partial charge in [0.25, 0.3) is 5.91 Å². The Morgan fingerprint density at radius 3 is 2.72 bits per heavy atom. The summed E-state index contributed by atoms with van der Waals surface area (Å²) in [7, 11) is -2.87. The third-order valence-corrected chi connectivity index (χ3v) is 7.84. The summed E-state index contributed by atoms with van der Waals surface area (Å²) in [6.07, 6.45) is 0.639. The summed E-state index contributed by atoms with van der Waals surface area (Å²) < 4.78 is 24.3. The van der Waals surface area contributed by atoms with Crippen molar-refractivity contribution in [2.75, 3.05) is 18.1 Å². The van der Waals surface area contributed by atoms with Gasteiger partial charge in [-0.15, -0.1) is 11.3 Å². The Hall–Kier alpha value is 0.0800. The molecule has 8 heteroatoms. The fourth-order valence-electron chi connectivity index (χ4n) is 1.82. The second-order valence-corrected chi connectivity index (χ2v) is 9.66. The first-order valence-corrected chi connectivity index (χ1v) is 9.53. The first-order valence-electron chi connectivity index (χ1n) is 5.31. The van der Waals surface area contributed by atoms with Crippen molar-refractivity contribution in [1.82, 2.24) is 5.32 Å². The number of carbonyl (C=O) groups is 1. The van der Waals surface area contributed by atoms with Crippen LogP contribution in [0.5, 0.6) is 0 Å². The van der Waals surface area contributed by atoms with Gasteiger partial charge in [-0.1, -0.05) is 0 Å². The maximum Gasteiger partial charge on any atom is 0.261 e. The molecule has 1 fully saturated rings. The van der Waals surface area contributed by atoms with Crippen molar-refractivity contribution in [1.29, 1.82) is 0 Å². The topological polar surface area (TPSA) is 63.2 Å². The van der Waals surface area contributed by atoms with Gasteiger partial charge in [-0.25, -0.2) is 8.42 Å². The molecule has 1 saturated heterocycles. The van der Waals surface area contributed by atoms with E-state index >= 15 is 0 Å². The van der Waals surface area contributed by atoms with E-state index in [4.69, 9.17) is 0 Å². The van der Waals surface area contributed by atoms with Crippen LogP contribution in [0.1, 0.15) is 16.1 Å². The van der Waals surface area contributed by atoms with Gasteiger partial charge in [0.15, 0.2) is 9.84 Å². The molecule has 1 aromatic rings. The number of carbonyl (C=O) groups excluding carboxylic acids is 1. The minimum Gasteiger partial charge on any atom is -0.351 e. The fourth-order valence-corrected chi connectivity index (χ4v) is 5.63. The molecule has 1 N–H and O–H groups in total. The number of hydrogen-bond donors (Lipinski definition) is 1. The molecule has 0 aromatic carbocycles. The Balaban J connectivity index is 1.89. The molecule has 0 spiro atoms. The molecule has 1 atom stereocenters. The van der Waals surface area contributed by atoms with Gasteiger partial charge < -0.3 is 5.32 Å². The van der Waals surface area contributed by atoms with Crippen LogP contribution in [0.4, 0.5) is 0 Å². The molecule has 1 amide bonds. The smallest absolute Gasteiger partial charge is 0.261 e. The van der Waals surface area contributed by atoms with Crippen LogP contribution in [0.3, 0.4) is 0 Å². The zero-order valence-corrected chi connectivity index (χ0v) is 14.1. The molecule has 1 aliphatic rings. The van der Waals surface area contributed by atoms with E-state index in [0.29, 0.717) is 17.8 Å². The first kappa shape index (κ1) is 14.5. The lowest BCUT2D eigenvalue weighted by molar-refractivity contribution is 0.0952. The van der Waals surface area contributed by atoms with E-state index in [0.717, 1.165) is 8.26 Å². The number of halogens is 2. The third kappa shape index (κ3) is 3.55. The number of thiophene rings is 1. The molecule has 1 aliphatic heterocycles. The molecule has 0 saturated carbocycles. The van der Waals surface area contributed by atoms with E-state index in [1.54, 1.807) is 6.07 Å². The van der Waals surface area contributed by atoms with Crippen LogP contribution in [0.25, 0.3) is 0 Å². The van der Waals surface area contributed by atoms with Gasteiger partial charge in [-0.2, -0.15) is 0 Å². The summed E-state index contributed by atoms with van der Waals surface area (Å²) in [4.78, 5) is 12.4. The van der Waals surface area contributed by atoms with E-state index in [2.05, 4.69) is 37.2 Å². The number of rotatable bonds is 3. The molecule has 18 heavy (non-hydrogen) atoms. The van der Waals surface area contributed by atoms with Crippen LogP contribution in [-0.4, -0.2) is 32.4 Å². The van der Waals surface area contributed by atoms with Crippen LogP contribution in [0.15, 0.2) is 14.3 Å². The maximum atomic E-state index is 11.8. The first-order chi connectivity index (χ1) is 8.37. The zero-order valence-electron chi connectivity index (χ0n) is 9.28. The van der Waals surface area contributed by atoms with Gasteiger partial charge in [0.05, 0.1) is 20.2 Å². The highest BCUT2D eigenvalue weighted by atomic mass is 79.9. The molecular weight excluding hydrogens is 406 g/mol. The lowest BCUT2D eigenvalue weighted by Crippen LogP contribution is -2.29. The normalized spacial score (nSPS) is 22.0. The van der Waals surface area contributed by atoms with E-state index in [1.807, 2.05) is 0 Å². The highest BCUT2D eigenvalue weighted by molar-refractivity contribution is 9.13. The molecule has 1 unspecified atom stereocenters. The van der Waals surface area contributed by atoms with E-state index < -0.39 is 9.84 Å². The molecule has 1 aromatic heterocycles. The van der Waals surface area contributed by atoms with Gasteiger partial charge in [0.2, 0.25) is 0 Å². The van der Waals surface area contributed by atoms with E-state index in [-0.39, 0.29) is 23.3 Å². The Labute approximate surface area is 126 Å². The molecule has 0 radical (unpaired) electrons. The second-order valence-electron chi connectivity index (χ2n) is 4.21. The van der Waals surface area contributed by atoms with Crippen molar-refractivity contribution in [3.05, 3.63) is 19.2 Å². The maximum absolute atomic E-state index is 11.8. The van der Waals surface area contributed by atoms with E-state index in [9.17, 15) is 13.2 Å². The Bertz CT molecular complexity index is 548. The monoisotopic (exact) mass is 415 g/mol. The number of sulfone groups is 1. The summed E-state index contributed by atoms with van der Waals surface area (Å²) in [5, 5.41) is 2.78. The summed E-state index contributed by atoms with van der Waals surface area (Å²) in [6, 6.07) is 1.75. The summed E-state index contributed by atoms with van der Waals surface area (Å²) in [6.45, 7) is 0.422. The molecule has 2 heterocycles. The third-order valence-electron chi connectivity index (χ3n) is 2.75. The van der Waals surface area contributed by atoms with Crippen molar-refractivity contribution in [2.45, 2.75) is 6.42 Å².